The van der Waals surface area contributed by atoms with Crippen LogP contribution in [0.3, 0.4) is 0 Å². The lowest BCUT2D eigenvalue weighted by Crippen LogP contribution is -2.32. The van der Waals surface area contributed by atoms with Gasteiger partial charge in [0, 0.05) is 17.3 Å². The van der Waals surface area contributed by atoms with Crippen molar-refractivity contribution >= 4 is 17.5 Å². The molecule has 6 heteroatoms. The van der Waals surface area contributed by atoms with E-state index < -0.39 is 12.0 Å². The molecule has 0 saturated heterocycles. The van der Waals surface area contributed by atoms with Crippen LogP contribution in [0.1, 0.15) is 23.7 Å². The molecule has 6 nitrogen and oxygen atoms in total. The van der Waals surface area contributed by atoms with Gasteiger partial charge in [-0.1, -0.05) is 13.0 Å². The van der Waals surface area contributed by atoms with E-state index in [-0.39, 0.29) is 5.91 Å². The second-order valence-electron chi connectivity index (χ2n) is 5.12. The third kappa shape index (κ3) is 4.49. The molecule has 0 heterocycles. The molecule has 2 aromatic carbocycles. The smallest absolute Gasteiger partial charge is 0.265 e. The minimum Gasteiger partial charge on any atom is -0.497 e. The van der Waals surface area contributed by atoms with Crippen molar-refractivity contribution in [1.82, 2.24) is 0 Å². The van der Waals surface area contributed by atoms with Gasteiger partial charge in [-0.15, -0.1) is 0 Å². The first-order valence-electron chi connectivity index (χ1n) is 7.55. The van der Waals surface area contributed by atoms with Crippen LogP contribution in [0.15, 0.2) is 48.5 Å². The van der Waals surface area contributed by atoms with Gasteiger partial charge in [-0.25, -0.2) is 0 Å². The number of methoxy groups -OCH3 is 1. The lowest BCUT2D eigenvalue weighted by Gasteiger charge is -2.17. The van der Waals surface area contributed by atoms with Crippen molar-refractivity contribution in [3.63, 3.8) is 0 Å². The number of nitrogens with two attached hydrogens (primary N) is 1. The Labute approximate surface area is 140 Å². The van der Waals surface area contributed by atoms with Gasteiger partial charge in [0.15, 0.2) is 6.10 Å². The minimum absolute atomic E-state index is 0.271. The minimum atomic E-state index is -0.645. The normalized spacial score (nSPS) is 11.4. The van der Waals surface area contributed by atoms with Gasteiger partial charge in [-0.2, -0.15) is 0 Å². The van der Waals surface area contributed by atoms with Crippen molar-refractivity contribution in [2.75, 3.05) is 12.4 Å². The number of ether oxygens (including phenoxy) is 2. The Morgan fingerprint density at radius 3 is 2.38 bits per heavy atom. The average Bonchev–Trinajstić information content (AvgIpc) is 2.60. The lowest BCUT2D eigenvalue weighted by molar-refractivity contribution is -0.122. The van der Waals surface area contributed by atoms with Gasteiger partial charge >= 0.3 is 0 Å². The van der Waals surface area contributed by atoms with E-state index in [0.717, 1.165) is 0 Å². The summed E-state index contributed by atoms with van der Waals surface area (Å²) in [5.74, 6) is 0.429. The first kappa shape index (κ1) is 17.3. The molecule has 24 heavy (non-hydrogen) atoms. The zero-order valence-corrected chi connectivity index (χ0v) is 13.6. The zero-order valence-electron chi connectivity index (χ0n) is 13.6. The molecule has 0 spiro atoms. The number of primary amides is 1. The van der Waals surface area contributed by atoms with Gasteiger partial charge in [0.1, 0.15) is 11.5 Å². The summed E-state index contributed by atoms with van der Waals surface area (Å²) in [6.45, 7) is 1.86. The number of amides is 2. The molecule has 0 saturated carbocycles. The number of carbonyl (C=O) groups is 2. The van der Waals surface area contributed by atoms with Crippen LogP contribution in [-0.4, -0.2) is 25.0 Å². The summed E-state index contributed by atoms with van der Waals surface area (Å²) < 4.78 is 10.9. The van der Waals surface area contributed by atoms with Crippen LogP contribution in [0, 0.1) is 0 Å². The van der Waals surface area contributed by atoms with E-state index in [2.05, 4.69) is 5.32 Å². The topological polar surface area (TPSA) is 90.7 Å². The molecule has 1 unspecified atom stereocenters. The highest BCUT2D eigenvalue weighted by Crippen LogP contribution is 2.21. The summed E-state index contributed by atoms with van der Waals surface area (Å²) in [4.78, 5) is 23.4. The fourth-order valence-electron chi connectivity index (χ4n) is 2.10. The summed E-state index contributed by atoms with van der Waals surface area (Å²) in [5, 5.41) is 2.76. The molecule has 126 valence electrons. The Balaban J connectivity index is 2.03. The van der Waals surface area contributed by atoms with Crippen molar-refractivity contribution in [3.05, 3.63) is 54.1 Å². The number of benzene rings is 2. The summed E-state index contributed by atoms with van der Waals surface area (Å²) in [6.07, 6.45) is -0.143. The van der Waals surface area contributed by atoms with E-state index in [0.29, 0.717) is 29.2 Å². The number of anilines is 1. The van der Waals surface area contributed by atoms with E-state index in [1.807, 2.05) is 6.92 Å². The fourth-order valence-corrected chi connectivity index (χ4v) is 2.10. The maximum atomic E-state index is 12.4. The van der Waals surface area contributed by atoms with Crippen LogP contribution >= 0.6 is 0 Å². The van der Waals surface area contributed by atoms with Crippen molar-refractivity contribution in [1.29, 1.82) is 0 Å². The maximum Gasteiger partial charge on any atom is 0.265 e. The van der Waals surface area contributed by atoms with Crippen LogP contribution in [0.2, 0.25) is 0 Å². The molecule has 3 N–H and O–H groups in total. The monoisotopic (exact) mass is 328 g/mol. The van der Waals surface area contributed by atoms with E-state index in [1.54, 1.807) is 55.6 Å². The first-order chi connectivity index (χ1) is 11.5. The maximum absolute atomic E-state index is 12.4. The molecule has 0 fully saturated rings. The molecule has 0 aromatic heterocycles. The number of nitrogens with one attached hydrogen (secondary N) is 1. The molecule has 1 atom stereocenters. The SMILES string of the molecule is CCC(Oc1cccc(OC)c1)C(=O)Nc1ccc(C(N)=O)cc1. The van der Waals surface area contributed by atoms with Gasteiger partial charge < -0.3 is 20.5 Å². The van der Waals surface area contributed by atoms with E-state index in [1.165, 1.54) is 0 Å². The van der Waals surface area contributed by atoms with Crippen LogP contribution in [0.4, 0.5) is 5.69 Å². The number of rotatable bonds is 7. The molecular weight excluding hydrogens is 308 g/mol. The van der Waals surface area contributed by atoms with E-state index >= 15 is 0 Å². The highest BCUT2D eigenvalue weighted by atomic mass is 16.5. The molecular formula is C18H20N2O4. The van der Waals surface area contributed by atoms with Crippen molar-refractivity contribution < 1.29 is 19.1 Å². The largest absolute Gasteiger partial charge is 0.497 e. The van der Waals surface area contributed by atoms with Gasteiger partial charge in [0.2, 0.25) is 5.91 Å². The molecule has 2 amide bonds. The lowest BCUT2D eigenvalue weighted by atomic mass is 10.2. The van der Waals surface area contributed by atoms with Crippen LogP contribution in [-0.2, 0) is 4.79 Å². The third-order valence-corrected chi connectivity index (χ3v) is 3.42. The van der Waals surface area contributed by atoms with Crippen LogP contribution < -0.4 is 20.5 Å². The van der Waals surface area contributed by atoms with Gasteiger partial charge in [0.05, 0.1) is 7.11 Å². The number of hydrogen-bond donors (Lipinski definition) is 2. The summed E-state index contributed by atoms with van der Waals surface area (Å²) in [6, 6.07) is 13.4. The Morgan fingerprint density at radius 2 is 1.79 bits per heavy atom. The number of carbonyl (C=O) groups excluding carboxylic acids is 2. The molecule has 0 aliphatic heterocycles. The second-order valence-corrected chi connectivity index (χ2v) is 5.12. The molecule has 0 radical (unpaired) electrons. The predicted octanol–water partition coefficient (Wildman–Crippen LogP) is 2.59. The summed E-state index contributed by atoms with van der Waals surface area (Å²) in [7, 11) is 1.57. The quantitative estimate of drug-likeness (QED) is 0.817. The van der Waals surface area contributed by atoms with Gasteiger partial charge in [-0.3, -0.25) is 9.59 Å². The van der Waals surface area contributed by atoms with Crippen molar-refractivity contribution in [3.8, 4) is 11.5 Å². The summed E-state index contributed by atoms with van der Waals surface area (Å²) >= 11 is 0. The highest BCUT2D eigenvalue weighted by molar-refractivity contribution is 5.96. The molecule has 0 aliphatic carbocycles. The Bertz CT molecular complexity index is 713. The van der Waals surface area contributed by atoms with Crippen LogP contribution in [0.25, 0.3) is 0 Å². The molecule has 2 rings (SSSR count). The standard InChI is InChI=1S/C18H20N2O4/c1-3-16(24-15-6-4-5-14(11-15)23-2)18(22)20-13-9-7-12(8-10-13)17(19)21/h4-11,16H,3H2,1-2H3,(H2,19,21)(H,20,22). The molecule has 0 bridgehead atoms. The Morgan fingerprint density at radius 1 is 1.12 bits per heavy atom. The molecule has 0 aliphatic rings. The second kappa shape index (κ2) is 8.01. The Hall–Kier alpha value is -3.02. The van der Waals surface area contributed by atoms with E-state index in [9.17, 15) is 9.59 Å². The Kier molecular flexibility index (Phi) is 5.78. The highest BCUT2D eigenvalue weighted by Gasteiger charge is 2.19. The van der Waals surface area contributed by atoms with Crippen molar-refractivity contribution in [2.24, 2.45) is 5.73 Å². The summed E-state index contributed by atoms with van der Waals surface area (Å²) in [5.41, 5.74) is 6.14. The fraction of sp³-hybridized carbons (Fsp3) is 0.222. The first-order valence-corrected chi connectivity index (χ1v) is 7.55. The average molecular weight is 328 g/mol. The van der Waals surface area contributed by atoms with Gasteiger partial charge in [-0.05, 0) is 42.8 Å². The predicted molar refractivity (Wildman–Crippen MR) is 91.3 cm³/mol. The third-order valence-electron chi connectivity index (χ3n) is 3.42. The molecule has 2 aromatic rings. The zero-order chi connectivity index (χ0) is 17.5. The van der Waals surface area contributed by atoms with Crippen LogP contribution in [0.5, 0.6) is 11.5 Å². The van der Waals surface area contributed by atoms with E-state index in [4.69, 9.17) is 15.2 Å². The number of hydrogen-bond acceptors (Lipinski definition) is 4. The van der Waals surface area contributed by atoms with Crippen molar-refractivity contribution in [2.45, 2.75) is 19.4 Å². The van der Waals surface area contributed by atoms with Gasteiger partial charge in [0.25, 0.3) is 5.91 Å².